The minimum absolute atomic E-state index is 0.270. The van der Waals surface area contributed by atoms with Gasteiger partial charge in [-0.1, -0.05) is 20.8 Å². The molecular weight excluding hydrogens is 280 g/mol. The molecule has 6 heteroatoms. The Balaban J connectivity index is 1.90. The Morgan fingerprint density at radius 3 is 2.29 bits per heavy atom. The third-order valence-electron chi connectivity index (χ3n) is 4.70. The zero-order chi connectivity index (χ0) is 15.7. The molecule has 0 atom stereocenters. The van der Waals surface area contributed by atoms with E-state index in [1.165, 1.54) is 0 Å². The fourth-order valence-corrected chi connectivity index (χ4v) is 3.72. The summed E-state index contributed by atoms with van der Waals surface area (Å²) in [6.07, 6.45) is 2.49. The van der Waals surface area contributed by atoms with Gasteiger partial charge in [-0.15, -0.1) is 10.2 Å². The third-order valence-corrected chi connectivity index (χ3v) is 9.24. The molecule has 1 fully saturated rings. The number of nitrogens with zero attached hydrogens (tertiary/aromatic N) is 3. The van der Waals surface area contributed by atoms with Gasteiger partial charge in [0.15, 0.2) is 14.1 Å². The van der Waals surface area contributed by atoms with Crippen molar-refractivity contribution in [1.82, 2.24) is 10.2 Å². The standard InChI is InChI=1S/C15H28N4OSi/c1-15(2,3)21(4,5)20-12-8-10-19(11-9-12)14-7-6-13(16)17-18-14/h6-7,12H,8-11H2,1-5H3,(H2,16,17). The highest BCUT2D eigenvalue weighted by atomic mass is 28.4. The molecule has 1 aromatic rings. The normalized spacial score (nSPS) is 18.0. The first-order chi connectivity index (χ1) is 9.69. The van der Waals surface area contributed by atoms with Gasteiger partial charge in [-0.3, -0.25) is 0 Å². The SMILES string of the molecule is CC(C)(C)[Si](C)(C)OC1CCN(c2ccc(N)nn2)CC1. The smallest absolute Gasteiger partial charge is 0.192 e. The Kier molecular flexibility index (Phi) is 4.58. The van der Waals surface area contributed by atoms with Crippen molar-refractivity contribution in [2.75, 3.05) is 23.7 Å². The van der Waals surface area contributed by atoms with Crippen LogP contribution in [-0.4, -0.2) is 37.7 Å². The summed E-state index contributed by atoms with van der Waals surface area (Å²) >= 11 is 0. The predicted octanol–water partition coefficient (Wildman–Crippen LogP) is 3.05. The lowest BCUT2D eigenvalue weighted by molar-refractivity contribution is 0.152. The highest BCUT2D eigenvalue weighted by molar-refractivity contribution is 6.74. The van der Waals surface area contributed by atoms with Gasteiger partial charge in [0.05, 0.1) is 0 Å². The Morgan fingerprint density at radius 1 is 1.19 bits per heavy atom. The Morgan fingerprint density at radius 2 is 1.81 bits per heavy atom. The van der Waals surface area contributed by atoms with Crippen LogP contribution in [0.2, 0.25) is 18.1 Å². The van der Waals surface area contributed by atoms with Crippen molar-refractivity contribution in [2.24, 2.45) is 0 Å². The van der Waals surface area contributed by atoms with Gasteiger partial charge in [-0.05, 0) is 43.1 Å². The molecule has 21 heavy (non-hydrogen) atoms. The van der Waals surface area contributed by atoms with E-state index in [1.807, 2.05) is 6.07 Å². The second kappa shape index (κ2) is 5.92. The molecule has 2 heterocycles. The average Bonchev–Trinajstić information content (AvgIpc) is 2.39. The Bertz CT molecular complexity index is 462. The molecule has 0 unspecified atom stereocenters. The van der Waals surface area contributed by atoms with E-state index in [4.69, 9.17) is 10.2 Å². The fourth-order valence-electron chi connectivity index (χ4n) is 2.30. The minimum atomic E-state index is -1.66. The molecule has 0 saturated carbocycles. The van der Waals surface area contributed by atoms with Crippen molar-refractivity contribution < 1.29 is 4.43 Å². The zero-order valence-corrected chi connectivity index (χ0v) is 14.9. The van der Waals surface area contributed by atoms with E-state index in [2.05, 4.69) is 49.0 Å². The summed E-state index contributed by atoms with van der Waals surface area (Å²) < 4.78 is 6.50. The number of nitrogen functional groups attached to an aromatic ring is 1. The van der Waals surface area contributed by atoms with E-state index in [0.717, 1.165) is 31.7 Å². The highest BCUT2D eigenvalue weighted by Gasteiger charge is 2.39. The van der Waals surface area contributed by atoms with Crippen LogP contribution in [0.4, 0.5) is 11.6 Å². The van der Waals surface area contributed by atoms with Crippen LogP contribution in [0.15, 0.2) is 12.1 Å². The third kappa shape index (κ3) is 3.94. The van der Waals surface area contributed by atoms with Crippen LogP contribution in [0.1, 0.15) is 33.6 Å². The average molecular weight is 309 g/mol. The summed E-state index contributed by atoms with van der Waals surface area (Å²) in [5, 5.41) is 8.36. The molecule has 0 radical (unpaired) electrons. The van der Waals surface area contributed by atoms with Gasteiger partial charge in [0.1, 0.15) is 5.82 Å². The molecule has 118 valence electrons. The fraction of sp³-hybridized carbons (Fsp3) is 0.733. The van der Waals surface area contributed by atoms with Crippen molar-refractivity contribution in [1.29, 1.82) is 0 Å². The quantitative estimate of drug-likeness (QED) is 0.869. The topological polar surface area (TPSA) is 64.3 Å². The number of nitrogens with two attached hydrogens (primary N) is 1. The van der Waals surface area contributed by atoms with E-state index in [-0.39, 0.29) is 5.04 Å². The zero-order valence-electron chi connectivity index (χ0n) is 13.9. The van der Waals surface area contributed by atoms with Crippen LogP contribution in [0.3, 0.4) is 0 Å². The van der Waals surface area contributed by atoms with Gasteiger partial charge in [-0.25, -0.2) is 0 Å². The molecule has 0 aromatic carbocycles. The Labute approximate surface area is 129 Å². The van der Waals surface area contributed by atoms with Crippen molar-refractivity contribution >= 4 is 20.0 Å². The minimum Gasteiger partial charge on any atom is -0.414 e. The van der Waals surface area contributed by atoms with E-state index < -0.39 is 8.32 Å². The first-order valence-electron chi connectivity index (χ1n) is 7.71. The molecular formula is C15H28N4OSi. The predicted molar refractivity (Wildman–Crippen MR) is 90.0 cm³/mol. The van der Waals surface area contributed by atoms with Gasteiger partial charge in [0, 0.05) is 19.2 Å². The molecule has 1 aliphatic heterocycles. The number of anilines is 2. The van der Waals surface area contributed by atoms with Gasteiger partial charge in [0.25, 0.3) is 0 Å². The largest absolute Gasteiger partial charge is 0.414 e. The summed E-state index contributed by atoms with van der Waals surface area (Å²) in [5.74, 6) is 1.38. The number of aromatic nitrogens is 2. The first kappa shape index (κ1) is 16.2. The van der Waals surface area contributed by atoms with Gasteiger partial charge < -0.3 is 15.1 Å². The number of hydrogen-bond acceptors (Lipinski definition) is 5. The van der Waals surface area contributed by atoms with Crippen LogP contribution >= 0.6 is 0 Å². The summed E-state index contributed by atoms with van der Waals surface area (Å²) in [6.45, 7) is 13.5. The molecule has 1 aliphatic rings. The molecule has 1 aromatic heterocycles. The van der Waals surface area contributed by atoms with E-state index in [1.54, 1.807) is 6.07 Å². The monoisotopic (exact) mass is 308 g/mol. The molecule has 0 amide bonds. The maximum atomic E-state index is 6.50. The molecule has 2 rings (SSSR count). The summed E-state index contributed by atoms with van der Waals surface area (Å²) in [6, 6.07) is 3.75. The van der Waals surface area contributed by atoms with Crippen molar-refractivity contribution in [2.45, 2.75) is 57.8 Å². The lowest BCUT2D eigenvalue weighted by Gasteiger charge is -2.42. The molecule has 1 saturated heterocycles. The van der Waals surface area contributed by atoms with Gasteiger partial charge in [-0.2, -0.15) is 0 Å². The number of rotatable bonds is 3. The number of piperidine rings is 1. The first-order valence-corrected chi connectivity index (χ1v) is 10.6. The van der Waals surface area contributed by atoms with Crippen LogP contribution < -0.4 is 10.6 Å². The van der Waals surface area contributed by atoms with Crippen molar-refractivity contribution in [3.05, 3.63) is 12.1 Å². The van der Waals surface area contributed by atoms with Crippen LogP contribution in [0.5, 0.6) is 0 Å². The number of hydrogen-bond donors (Lipinski definition) is 1. The maximum absolute atomic E-state index is 6.50. The van der Waals surface area contributed by atoms with Gasteiger partial charge >= 0.3 is 0 Å². The van der Waals surface area contributed by atoms with Gasteiger partial charge in [0.2, 0.25) is 0 Å². The summed E-state index contributed by atoms with van der Waals surface area (Å²) in [7, 11) is -1.66. The van der Waals surface area contributed by atoms with E-state index in [0.29, 0.717) is 11.9 Å². The lowest BCUT2D eigenvalue weighted by Crippen LogP contribution is -2.47. The van der Waals surface area contributed by atoms with Crippen LogP contribution in [0, 0.1) is 0 Å². The molecule has 0 bridgehead atoms. The lowest BCUT2D eigenvalue weighted by atomic mass is 10.1. The summed E-state index contributed by atoms with van der Waals surface area (Å²) in [4.78, 5) is 2.26. The molecule has 0 aliphatic carbocycles. The Hall–Kier alpha value is -1.14. The molecule has 0 spiro atoms. The molecule has 2 N–H and O–H groups in total. The van der Waals surface area contributed by atoms with Crippen LogP contribution in [0.25, 0.3) is 0 Å². The maximum Gasteiger partial charge on any atom is 0.192 e. The van der Waals surface area contributed by atoms with Crippen molar-refractivity contribution in [3.8, 4) is 0 Å². The second-order valence-electron chi connectivity index (χ2n) is 7.38. The van der Waals surface area contributed by atoms with E-state index >= 15 is 0 Å². The van der Waals surface area contributed by atoms with Crippen LogP contribution in [-0.2, 0) is 4.43 Å². The summed E-state index contributed by atoms with van der Waals surface area (Å²) in [5.41, 5.74) is 5.58. The highest BCUT2D eigenvalue weighted by Crippen LogP contribution is 2.38. The van der Waals surface area contributed by atoms with Crippen molar-refractivity contribution in [3.63, 3.8) is 0 Å². The second-order valence-corrected chi connectivity index (χ2v) is 12.1. The van der Waals surface area contributed by atoms with E-state index in [9.17, 15) is 0 Å². The molecule has 5 nitrogen and oxygen atoms in total.